The number of rotatable bonds is 5. The summed E-state index contributed by atoms with van der Waals surface area (Å²) in [6, 6.07) is 29.6. The monoisotopic (exact) mass is 446 g/mol. The van der Waals surface area contributed by atoms with Gasteiger partial charge in [-0.05, 0) is 65.6 Å². The number of pyridine rings is 1. The van der Waals surface area contributed by atoms with Crippen LogP contribution in [0.15, 0.2) is 97.2 Å². The molecule has 0 radical (unpaired) electrons. The van der Waals surface area contributed by atoms with Gasteiger partial charge in [-0.3, -0.25) is 9.88 Å². The van der Waals surface area contributed by atoms with Gasteiger partial charge in [0.1, 0.15) is 0 Å². The third kappa shape index (κ3) is 4.06. The first-order valence-electron chi connectivity index (χ1n) is 12.4. The molecule has 1 N–H and O–H groups in total. The number of fused-ring (bicyclic) bond motifs is 4. The van der Waals surface area contributed by atoms with E-state index in [0.29, 0.717) is 11.8 Å². The molecule has 1 unspecified atom stereocenters. The number of aromatic nitrogens is 1. The van der Waals surface area contributed by atoms with Gasteiger partial charge >= 0.3 is 0 Å². The molecule has 3 saturated heterocycles. The Labute approximate surface area is 201 Å². The summed E-state index contributed by atoms with van der Waals surface area (Å²) in [7, 11) is 0. The van der Waals surface area contributed by atoms with Crippen LogP contribution < -0.4 is 0 Å². The van der Waals surface area contributed by atoms with Crippen molar-refractivity contribution in [3.63, 3.8) is 0 Å². The number of piperidine rings is 3. The summed E-state index contributed by atoms with van der Waals surface area (Å²) < 4.78 is 0. The van der Waals surface area contributed by atoms with E-state index in [1.165, 1.54) is 23.1 Å². The minimum atomic E-state index is -0.480. The molecule has 7 rings (SSSR count). The Kier molecular flexibility index (Phi) is 5.74. The molecule has 3 nitrogen and oxygen atoms in total. The Morgan fingerprint density at radius 1 is 0.882 bits per heavy atom. The number of para-hydroxylation sites is 1. The molecule has 5 atom stereocenters. The van der Waals surface area contributed by atoms with E-state index < -0.39 is 6.10 Å². The molecule has 4 aromatic rings. The van der Waals surface area contributed by atoms with Crippen LogP contribution in [0.2, 0.25) is 0 Å². The topological polar surface area (TPSA) is 36.4 Å². The highest BCUT2D eigenvalue weighted by Crippen LogP contribution is 2.42. The molecule has 3 heteroatoms. The first-order valence-corrected chi connectivity index (χ1v) is 12.4. The molecule has 3 aliphatic heterocycles. The first kappa shape index (κ1) is 21.3. The zero-order valence-corrected chi connectivity index (χ0v) is 19.3. The second-order valence-corrected chi connectivity index (χ2v) is 9.72. The molecule has 0 amide bonds. The van der Waals surface area contributed by atoms with Gasteiger partial charge in [-0.1, -0.05) is 84.9 Å². The smallest absolute Gasteiger partial charge is 0.0952 e. The largest absolute Gasteiger partial charge is 0.387 e. The van der Waals surface area contributed by atoms with Crippen molar-refractivity contribution in [3.05, 3.63) is 108 Å². The van der Waals surface area contributed by atoms with Gasteiger partial charge in [0.25, 0.3) is 0 Å². The predicted octanol–water partition coefficient (Wildman–Crippen LogP) is 6.36. The van der Waals surface area contributed by atoms with Crippen LogP contribution in [-0.2, 0) is 0 Å². The van der Waals surface area contributed by atoms with Crippen LogP contribution in [0.1, 0.15) is 30.1 Å². The van der Waals surface area contributed by atoms with Crippen molar-refractivity contribution in [3.8, 4) is 11.1 Å². The molecule has 3 aliphatic rings. The SMILES string of the molecule is O[C@@H](c1ccnc2ccccc12)[C@H]1C[C@@H]2CCN1C[C@@H]2/C=C/c1ccc(-c2ccccc2)cc1. The van der Waals surface area contributed by atoms with Crippen molar-refractivity contribution in [2.75, 3.05) is 13.1 Å². The third-order valence-electron chi connectivity index (χ3n) is 7.77. The fraction of sp³-hybridized carbons (Fsp3) is 0.258. The van der Waals surface area contributed by atoms with Gasteiger partial charge in [-0.25, -0.2) is 0 Å². The van der Waals surface area contributed by atoms with Gasteiger partial charge in [0.05, 0.1) is 11.6 Å². The van der Waals surface area contributed by atoms with Crippen molar-refractivity contribution in [2.24, 2.45) is 11.8 Å². The molecule has 0 spiro atoms. The van der Waals surface area contributed by atoms with E-state index in [1.807, 2.05) is 30.5 Å². The Morgan fingerprint density at radius 3 is 2.44 bits per heavy atom. The van der Waals surface area contributed by atoms with Gasteiger partial charge in [0, 0.05) is 24.2 Å². The molecule has 34 heavy (non-hydrogen) atoms. The van der Waals surface area contributed by atoms with E-state index in [1.54, 1.807) is 0 Å². The van der Waals surface area contributed by atoms with Crippen molar-refractivity contribution < 1.29 is 5.11 Å². The lowest BCUT2D eigenvalue weighted by atomic mass is 9.73. The summed E-state index contributed by atoms with van der Waals surface area (Å²) in [6.45, 7) is 2.10. The quantitative estimate of drug-likeness (QED) is 0.388. The minimum Gasteiger partial charge on any atom is -0.387 e. The summed E-state index contributed by atoms with van der Waals surface area (Å²) in [5.74, 6) is 1.16. The first-order chi connectivity index (χ1) is 16.8. The number of nitrogens with zero attached hydrogens (tertiary/aromatic N) is 2. The number of aliphatic hydroxyl groups is 1. The second kappa shape index (κ2) is 9.17. The fourth-order valence-corrected chi connectivity index (χ4v) is 5.89. The van der Waals surface area contributed by atoms with Crippen LogP contribution in [0.25, 0.3) is 28.1 Å². The molecule has 3 fully saturated rings. The molecule has 1 aromatic heterocycles. The summed E-state index contributed by atoms with van der Waals surface area (Å²) in [4.78, 5) is 6.98. The molecular weight excluding hydrogens is 416 g/mol. The molecular formula is C31H30N2O. The normalized spacial score (nSPS) is 25.1. The average Bonchev–Trinajstić information content (AvgIpc) is 2.92. The fourth-order valence-electron chi connectivity index (χ4n) is 5.89. The maximum absolute atomic E-state index is 11.4. The number of benzene rings is 3. The van der Waals surface area contributed by atoms with Gasteiger partial charge in [-0.15, -0.1) is 0 Å². The molecule has 4 heterocycles. The van der Waals surface area contributed by atoms with Crippen LogP contribution in [0.3, 0.4) is 0 Å². The van der Waals surface area contributed by atoms with E-state index in [2.05, 4.69) is 82.7 Å². The Bertz CT molecular complexity index is 1290. The van der Waals surface area contributed by atoms with Gasteiger partial charge < -0.3 is 5.11 Å². The van der Waals surface area contributed by atoms with Crippen LogP contribution in [0.4, 0.5) is 0 Å². The van der Waals surface area contributed by atoms with E-state index in [9.17, 15) is 5.11 Å². The van der Waals surface area contributed by atoms with Gasteiger partial charge in [0.2, 0.25) is 0 Å². The lowest BCUT2D eigenvalue weighted by Gasteiger charge is -2.50. The molecule has 2 bridgehead atoms. The maximum Gasteiger partial charge on any atom is 0.0952 e. The van der Waals surface area contributed by atoms with Crippen molar-refractivity contribution in [2.45, 2.75) is 25.0 Å². The van der Waals surface area contributed by atoms with Crippen LogP contribution in [-0.4, -0.2) is 34.1 Å². The van der Waals surface area contributed by atoms with Gasteiger partial charge in [-0.2, -0.15) is 0 Å². The molecule has 3 aromatic carbocycles. The molecule has 0 aliphatic carbocycles. The van der Waals surface area contributed by atoms with Crippen LogP contribution in [0.5, 0.6) is 0 Å². The third-order valence-corrected chi connectivity index (χ3v) is 7.77. The summed E-state index contributed by atoms with van der Waals surface area (Å²) >= 11 is 0. The van der Waals surface area contributed by atoms with E-state index in [0.717, 1.165) is 36.0 Å². The Hall–Kier alpha value is -3.27. The van der Waals surface area contributed by atoms with Crippen molar-refractivity contribution in [1.82, 2.24) is 9.88 Å². The Morgan fingerprint density at radius 2 is 1.65 bits per heavy atom. The van der Waals surface area contributed by atoms with E-state index in [4.69, 9.17) is 0 Å². The van der Waals surface area contributed by atoms with E-state index >= 15 is 0 Å². The molecule has 170 valence electrons. The lowest BCUT2D eigenvalue weighted by Crippen LogP contribution is -2.54. The van der Waals surface area contributed by atoms with Crippen molar-refractivity contribution >= 4 is 17.0 Å². The summed E-state index contributed by atoms with van der Waals surface area (Å²) in [5.41, 5.74) is 5.71. The standard InChI is InChI=1S/C31H30N2O/c34-31(28-16-18-32-29-9-5-4-8-27(28)29)30-20-25-17-19-33(30)21-26(25)15-12-22-10-13-24(14-11-22)23-6-2-1-3-7-23/h1-16,18,25-26,30-31,34H,17,19-21H2/b15-12+/t25-,26-,30+,31-/m0/s1. The average molecular weight is 447 g/mol. The van der Waals surface area contributed by atoms with E-state index in [-0.39, 0.29) is 6.04 Å². The minimum absolute atomic E-state index is 0.180. The Balaban J connectivity index is 1.15. The molecule has 0 saturated carbocycles. The van der Waals surface area contributed by atoms with Crippen molar-refractivity contribution in [1.29, 1.82) is 0 Å². The maximum atomic E-state index is 11.4. The zero-order chi connectivity index (χ0) is 22.9. The van der Waals surface area contributed by atoms with Gasteiger partial charge in [0.15, 0.2) is 0 Å². The highest BCUT2D eigenvalue weighted by molar-refractivity contribution is 5.82. The number of hydrogen-bond donors (Lipinski definition) is 1. The number of hydrogen-bond acceptors (Lipinski definition) is 3. The highest BCUT2D eigenvalue weighted by atomic mass is 16.3. The lowest BCUT2D eigenvalue weighted by molar-refractivity contribution is -0.0444. The van der Waals surface area contributed by atoms with Crippen LogP contribution >= 0.6 is 0 Å². The predicted molar refractivity (Wildman–Crippen MR) is 139 cm³/mol. The summed E-state index contributed by atoms with van der Waals surface area (Å²) in [6.07, 6.45) is 8.28. The number of aliphatic hydroxyl groups excluding tert-OH is 1. The summed E-state index contributed by atoms with van der Waals surface area (Å²) in [5, 5.41) is 12.5. The zero-order valence-electron chi connectivity index (χ0n) is 19.3. The highest BCUT2D eigenvalue weighted by Gasteiger charge is 2.42. The second-order valence-electron chi connectivity index (χ2n) is 9.72. The van der Waals surface area contributed by atoms with Crippen LogP contribution in [0, 0.1) is 11.8 Å².